The number of furan rings is 1. The Bertz CT molecular complexity index is 674. The zero-order valence-electron chi connectivity index (χ0n) is 10.4. The fourth-order valence-corrected chi connectivity index (χ4v) is 2.70. The summed E-state index contributed by atoms with van der Waals surface area (Å²) < 4.78 is 31.1. The predicted molar refractivity (Wildman–Crippen MR) is 71.6 cm³/mol. The van der Waals surface area contributed by atoms with Crippen molar-refractivity contribution >= 4 is 16.0 Å². The summed E-state index contributed by atoms with van der Waals surface area (Å²) in [7, 11) is -3.50. The summed E-state index contributed by atoms with van der Waals surface area (Å²) in [6.45, 7) is 0.0859. The van der Waals surface area contributed by atoms with Gasteiger partial charge in [-0.1, -0.05) is 12.1 Å². The second-order valence-corrected chi connectivity index (χ2v) is 5.97. The molecule has 0 bridgehead atoms. The molecule has 0 aliphatic heterocycles. The van der Waals surface area contributed by atoms with E-state index in [-0.39, 0.29) is 17.9 Å². The first-order valence-electron chi connectivity index (χ1n) is 5.78. The van der Waals surface area contributed by atoms with Crippen molar-refractivity contribution in [3.8, 4) is 0 Å². The van der Waals surface area contributed by atoms with Crippen molar-refractivity contribution in [1.29, 1.82) is 0 Å². The molecule has 2 N–H and O–H groups in total. The van der Waals surface area contributed by atoms with Gasteiger partial charge in [-0.05, 0) is 29.8 Å². The standard InChI is InChI=1S/C13H13NO5S/c15-13(16)11-5-3-10(4-6-11)9-20(17,18)14-8-12-2-1-7-19-12/h1-7,14H,8-9H2,(H,15,16). The molecule has 2 aromatic rings. The predicted octanol–water partition coefficient (Wildman–Crippen LogP) is 1.60. The summed E-state index contributed by atoms with van der Waals surface area (Å²) in [5.41, 5.74) is 0.636. The Morgan fingerprint density at radius 1 is 1.20 bits per heavy atom. The highest BCUT2D eigenvalue weighted by Gasteiger charge is 2.12. The number of carboxylic acids is 1. The molecule has 7 heteroatoms. The zero-order chi connectivity index (χ0) is 14.6. The Balaban J connectivity index is 1.98. The van der Waals surface area contributed by atoms with Crippen molar-refractivity contribution in [2.45, 2.75) is 12.3 Å². The van der Waals surface area contributed by atoms with Crippen LogP contribution in [0.15, 0.2) is 47.1 Å². The van der Waals surface area contributed by atoms with Crippen molar-refractivity contribution in [3.05, 3.63) is 59.5 Å². The second kappa shape index (κ2) is 5.89. The summed E-state index contributed by atoms with van der Waals surface area (Å²) in [5, 5.41) is 8.76. The summed E-state index contributed by atoms with van der Waals surface area (Å²) in [6, 6.07) is 9.06. The van der Waals surface area contributed by atoms with Gasteiger partial charge in [-0.25, -0.2) is 17.9 Å². The molecule has 0 spiro atoms. The van der Waals surface area contributed by atoms with Gasteiger partial charge in [0.2, 0.25) is 10.0 Å². The first-order valence-corrected chi connectivity index (χ1v) is 7.43. The van der Waals surface area contributed by atoms with E-state index in [4.69, 9.17) is 9.52 Å². The Labute approximate surface area is 116 Å². The molecule has 0 fully saturated rings. The van der Waals surface area contributed by atoms with Gasteiger partial charge < -0.3 is 9.52 Å². The number of sulfonamides is 1. The third-order valence-corrected chi connectivity index (χ3v) is 3.90. The molecule has 1 aromatic carbocycles. The lowest BCUT2D eigenvalue weighted by atomic mass is 10.1. The van der Waals surface area contributed by atoms with Crippen molar-refractivity contribution in [1.82, 2.24) is 4.72 Å². The lowest BCUT2D eigenvalue weighted by Gasteiger charge is -2.05. The molecule has 0 saturated heterocycles. The van der Waals surface area contributed by atoms with Crippen LogP contribution in [0.2, 0.25) is 0 Å². The van der Waals surface area contributed by atoms with Gasteiger partial charge in [0.15, 0.2) is 0 Å². The molecule has 0 saturated carbocycles. The molecule has 0 aliphatic carbocycles. The molecule has 20 heavy (non-hydrogen) atoms. The summed E-state index contributed by atoms with van der Waals surface area (Å²) >= 11 is 0. The first kappa shape index (κ1) is 14.3. The number of carboxylic acid groups (broad SMARTS) is 1. The van der Waals surface area contributed by atoms with Crippen LogP contribution in [0, 0.1) is 0 Å². The van der Waals surface area contributed by atoms with E-state index in [0.717, 1.165) is 0 Å². The van der Waals surface area contributed by atoms with Gasteiger partial charge in [0.05, 0.1) is 24.1 Å². The van der Waals surface area contributed by atoms with E-state index in [0.29, 0.717) is 11.3 Å². The Kier molecular flexibility index (Phi) is 4.21. The maximum Gasteiger partial charge on any atom is 0.335 e. The SMILES string of the molecule is O=C(O)c1ccc(CS(=O)(=O)NCc2ccco2)cc1. The van der Waals surface area contributed by atoms with Crippen molar-refractivity contribution in [2.24, 2.45) is 0 Å². The molecule has 0 unspecified atom stereocenters. The number of aromatic carboxylic acids is 1. The van der Waals surface area contributed by atoms with Crippen molar-refractivity contribution in [3.63, 3.8) is 0 Å². The molecule has 1 heterocycles. The number of nitrogens with one attached hydrogen (secondary N) is 1. The molecular weight excluding hydrogens is 282 g/mol. The minimum atomic E-state index is -3.50. The lowest BCUT2D eigenvalue weighted by Crippen LogP contribution is -2.24. The van der Waals surface area contributed by atoms with Gasteiger partial charge in [0.25, 0.3) is 0 Å². The van der Waals surface area contributed by atoms with Crippen LogP contribution in [0.3, 0.4) is 0 Å². The summed E-state index contributed by atoms with van der Waals surface area (Å²) in [4.78, 5) is 10.7. The van der Waals surface area contributed by atoms with E-state index in [9.17, 15) is 13.2 Å². The summed E-state index contributed by atoms with van der Waals surface area (Å²) in [5.74, 6) is -0.738. The average Bonchev–Trinajstić information content (AvgIpc) is 2.90. The van der Waals surface area contributed by atoms with E-state index in [2.05, 4.69) is 4.72 Å². The quantitative estimate of drug-likeness (QED) is 0.843. The lowest BCUT2D eigenvalue weighted by molar-refractivity contribution is 0.0697. The maximum atomic E-state index is 11.8. The molecular formula is C13H13NO5S. The van der Waals surface area contributed by atoms with E-state index >= 15 is 0 Å². The van der Waals surface area contributed by atoms with Crippen LogP contribution >= 0.6 is 0 Å². The largest absolute Gasteiger partial charge is 0.478 e. The monoisotopic (exact) mass is 295 g/mol. The minimum Gasteiger partial charge on any atom is -0.478 e. The van der Waals surface area contributed by atoms with E-state index in [1.54, 1.807) is 12.1 Å². The summed E-state index contributed by atoms with van der Waals surface area (Å²) in [6.07, 6.45) is 1.47. The van der Waals surface area contributed by atoms with Crippen LogP contribution < -0.4 is 4.72 Å². The Morgan fingerprint density at radius 3 is 2.45 bits per heavy atom. The molecule has 6 nitrogen and oxygen atoms in total. The average molecular weight is 295 g/mol. The molecule has 106 valence electrons. The Hall–Kier alpha value is -2.12. The molecule has 0 atom stereocenters. The highest BCUT2D eigenvalue weighted by Crippen LogP contribution is 2.09. The zero-order valence-corrected chi connectivity index (χ0v) is 11.3. The van der Waals surface area contributed by atoms with Gasteiger partial charge in [-0.15, -0.1) is 0 Å². The number of rotatable bonds is 6. The van der Waals surface area contributed by atoms with Crippen LogP contribution in [0.1, 0.15) is 21.7 Å². The molecule has 1 aromatic heterocycles. The maximum absolute atomic E-state index is 11.8. The number of hydrogen-bond acceptors (Lipinski definition) is 4. The van der Waals surface area contributed by atoms with Gasteiger partial charge >= 0.3 is 5.97 Å². The van der Waals surface area contributed by atoms with E-state index in [1.807, 2.05) is 0 Å². The van der Waals surface area contributed by atoms with Crippen LogP contribution in [-0.2, 0) is 22.3 Å². The molecule has 0 radical (unpaired) electrons. The van der Waals surface area contributed by atoms with Crippen molar-refractivity contribution in [2.75, 3.05) is 0 Å². The second-order valence-electron chi connectivity index (χ2n) is 4.16. The molecule has 0 aliphatic rings. The molecule has 0 amide bonds. The fraction of sp³-hybridized carbons (Fsp3) is 0.154. The normalized spacial score (nSPS) is 11.4. The first-order chi connectivity index (χ1) is 9.46. The van der Waals surface area contributed by atoms with E-state index in [1.165, 1.54) is 30.5 Å². The van der Waals surface area contributed by atoms with E-state index < -0.39 is 16.0 Å². The van der Waals surface area contributed by atoms with Crippen molar-refractivity contribution < 1.29 is 22.7 Å². The van der Waals surface area contributed by atoms with Crippen LogP contribution in [-0.4, -0.2) is 19.5 Å². The fourth-order valence-electron chi connectivity index (χ4n) is 1.61. The van der Waals surface area contributed by atoms with Crippen LogP contribution in [0.25, 0.3) is 0 Å². The smallest absolute Gasteiger partial charge is 0.335 e. The van der Waals surface area contributed by atoms with Gasteiger partial charge in [-0.3, -0.25) is 0 Å². The van der Waals surface area contributed by atoms with Gasteiger partial charge in [0.1, 0.15) is 5.76 Å². The van der Waals surface area contributed by atoms with Gasteiger partial charge in [0, 0.05) is 0 Å². The Morgan fingerprint density at radius 2 is 1.90 bits per heavy atom. The number of benzene rings is 1. The van der Waals surface area contributed by atoms with Crippen LogP contribution in [0.4, 0.5) is 0 Å². The third kappa shape index (κ3) is 3.94. The molecule has 2 rings (SSSR count). The highest BCUT2D eigenvalue weighted by atomic mass is 32.2. The highest BCUT2D eigenvalue weighted by molar-refractivity contribution is 7.88. The van der Waals surface area contributed by atoms with Gasteiger partial charge in [-0.2, -0.15) is 0 Å². The number of hydrogen-bond donors (Lipinski definition) is 2. The number of carbonyl (C=O) groups is 1. The van der Waals surface area contributed by atoms with Crippen LogP contribution in [0.5, 0.6) is 0 Å². The minimum absolute atomic E-state index is 0.0859. The topological polar surface area (TPSA) is 96.6 Å². The third-order valence-electron chi connectivity index (χ3n) is 2.60.